The monoisotopic (exact) mass is 307 g/mol. The van der Waals surface area contributed by atoms with Gasteiger partial charge in [-0.05, 0) is 49.3 Å². The smallest absolute Gasteiger partial charge is 0.126 e. The fourth-order valence-electron chi connectivity index (χ4n) is 1.90. The van der Waals surface area contributed by atoms with Crippen LogP contribution in [-0.2, 0) is 4.84 Å². The van der Waals surface area contributed by atoms with Crippen LogP contribution in [0.1, 0.15) is 12.5 Å². The lowest BCUT2D eigenvalue weighted by atomic mass is 10.0. The SMILES string of the molecule is CCON=C/C=C/C=C\Oc1ccc(-c2ccc(C)cc2)cc1. The third-order valence-electron chi connectivity index (χ3n) is 3.09. The number of aryl methyl sites for hydroxylation is 1. The molecule has 2 rings (SSSR count). The first-order chi connectivity index (χ1) is 11.3. The molecule has 0 aliphatic rings. The highest BCUT2D eigenvalue weighted by Crippen LogP contribution is 2.22. The molecule has 0 saturated heterocycles. The van der Waals surface area contributed by atoms with Gasteiger partial charge in [0.05, 0.1) is 12.5 Å². The Morgan fingerprint density at radius 3 is 2.17 bits per heavy atom. The van der Waals surface area contributed by atoms with E-state index in [1.807, 2.05) is 25.1 Å². The lowest BCUT2D eigenvalue weighted by Crippen LogP contribution is -1.83. The van der Waals surface area contributed by atoms with Gasteiger partial charge in [-0.3, -0.25) is 0 Å². The van der Waals surface area contributed by atoms with E-state index >= 15 is 0 Å². The van der Waals surface area contributed by atoms with E-state index in [4.69, 9.17) is 9.57 Å². The molecule has 0 bridgehead atoms. The minimum atomic E-state index is 0.571. The van der Waals surface area contributed by atoms with Crippen LogP contribution in [-0.4, -0.2) is 12.8 Å². The van der Waals surface area contributed by atoms with Crippen molar-refractivity contribution in [2.24, 2.45) is 5.16 Å². The Bertz CT molecular complexity index is 668. The highest BCUT2D eigenvalue weighted by atomic mass is 16.6. The van der Waals surface area contributed by atoms with Gasteiger partial charge in [0.15, 0.2) is 0 Å². The van der Waals surface area contributed by atoms with Crippen molar-refractivity contribution < 1.29 is 9.57 Å². The first-order valence-electron chi connectivity index (χ1n) is 7.60. The molecule has 0 unspecified atom stereocenters. The Hall–Kier alpha value is -2.81. The molecule has 3 nitrogen and oxygen atoms in total. The molecular formula is C20H21NO2. The second-order valence-electron chi connectivity index (χ2n) is 4.89. The van der Waals surface area contributed by atoms with E-state index in [1.54, 1.807) is 24.6 Å². The average Bonchev–Trinajstić information content (AvgIpc) is 2.59. The molecule has 0 aromatic heterocycles. The zero-order valence-electron chi connectivity index (χ0n) is 13.5. The quantitative estimate of drug-likeness (QED) is 0.307. The Balaban J connectivity index is 1.86. The van der Waals surface area contributed by atoms with E-state index < -0.39 is 0 Å². The molecule has 2 aromatic rings. The summed E-state index contributed by atoms with van der Waals surface area (Å²) in [6.07, 6.45) is 8.61. The van der Waals surface area contributed by atoms with Crippen molar-refractivity contribution >= 4 is 6.21 Å². The number of rotatable bonds is 7. The lowest BCUT2D eigenvalue weighted by Gasteiger charge is -2.04. The molecule has 0 fully saturated rings. The number of oxime groups is 1. The molecule has 0 saturated carbocycles. The predicted octanol–water partition coefficient (Wildman–Crippen LogP) is 5.13. The van der Waals surface area contributed by atoms with Gasteiger partial charge in [-0.25, -0.2) is 0 Å². The van der Waals surface area contributed by atoms with E-state index in [9.17, 15) is 0 Å². The van der Waals surface area contributed by atoms with Gasteiger partial charge in [-0.15, -0.1) is 0 Å². The van der Waals surface area contributed by atoms with Crippen LogP contribution in [0.2, 0.25) is 0 Å². The molecular weight excluding hydrogens is 286 g/mol. The first-order valence-corrected chi connectivity index (χ1v) is 7.60. The summed E-state index contributed by atoms with van der Waals surface area (Å²) in [6.45, 7) is 4.55. The van der Waals surface area contributed by atoms with E-state index in [0.717, 1.165) is 5.75 Å². The van der Waals surface area contributed by atoms with Crippen LogP contribution in [0.15, 0.2) is 78.2 Å². The molecule has 0 aliphatic carbocycles. The zero-order valence-corrected chi connectivity index (χ0v) is 13.5. The van der Waals surface area contributed by atoms with Crippen LogP contribution in [0, 0.1) is 6.92 Å². The summed E-state index contributed by atoms with van der Waals surface area (Å²) >= 11 is 0. The normalized spacial score (nSPS) is 11.6. The van der Waals surface area contributed by atoms with Crippen molar-refractivity contribution in [2.45, 2.75) is 13.8 Å². The summed E-state index contributed by atoms with van der Waals surface area (Å²) < 4.78 is 5.54. The topological polar surface area (TPSA) is 30.8 Å². The maximum absolute atomic E-state index is 5.54. The summed E-state index contributed by atoms with van der Waals surface area (Å²) in [5.41, 5.74) is 3.64. The average molecular weight is 307 g/mol. The van der Waals surface area contributed by atoms with Gasteiger partial charge in [0, 0.05) is 0 Å². The Kier molecular flexibility index (Phi) is 6.66. The van der Waals surface area contributed by atoms with Gasteiger partial charge in [0.1, 0.15) is 12.4 Å². The van der Waals surface area contributed by atoms with Gasteiger partial charge in [-0.2, -0.15) is 0 Å². The van der Waals surface area contributed by atoms with Gasteiger partial charge < -0.3 is 9.57 Å². The fourth-order valence-corrected chi connectivity index (χ4v) is 1.90. The van der Waals surface area contributed by atoms with Gasteiger partial charge >= 0.3 is 0 Å². The molecule has 0 amide bonds. The van der Waals surface area contributed by atoms with Crippen LogP contribution < -0.4 is 4.74 Å². The molecule has 0 aliphatic heterocycles. The molecule has 0 spiro atoms. The number of nitrogens with zero attached hydrogens (tertiary/aromatic N) is 1. The maximum atomic E-state index is 5.54. The summed E-state index contributed by atoms with van der Waals surface area (Å²) in [5, 5.41) is 3.70. The number of ether oxygens (including phenoxy) is 1. The zero-order chi connectivity index (χ0) is 16.3. The van der Waals surface area contributed by atoms with E-state index in [1.165, 1.54) is 16.7 Å². The second-order valence-corrected chi connectivity index (χ2v) is 4.89. The van der Waals surface area contributed by atoms with Crippen molar-refractivity contribution in [1.82, 2.24) is 0 Å². The van der Waals surface area contributed by atoms with Crippen LogP contribution in [0.4, 0.5) is 0 Å². The third kappa shape index (κ3) is 5.83. The van der Waals surface area contributed by atoms with Gasteiger partial charge in [0.25, 0.3) is 0 Å². The van der Waals surface area contributed by atoms with Gasteiger partial charge in [0.2, 0.25) is 0 Å². The number of benzene rings is 2. The molecule has 2 aromatic carbocycles. The van der Waals surface area contributed by atoms with Crippen molar-refractivity contribution in [3.05, 3.63) is 78.6 Å². The van der Waals surface area contributed by atoms with E-state index in [2.05, 4.69) is 48.5 Å². The van der Waals surface area contributed by atoms with Crippen molar-refractivity contribution in [3.63, 3.8) is 0 Å². The Morgan fingerprint density at radius 2 is 1.52 bits per heavy atom. The van der Waals surface area contributed by atoms with Crippen LogP contribution in [0.25, 0.3) is 11.1 Å². The number of hydrogen-bond acceptors (Lipinski definition) is 3. The highest BCUT2D eigenvalue weighted by molar-refractivity contribution is 5.70. The molecule has 3 heteroatoms. The summed E-state index contributed by atoms with van der Waals surface area (Å²) in [5.74, 6) is 0.800. The number of hydrogen-bond donors (Lipinski definition) is 0. The molecule has 0 N–H and O–H groups in total. The fraction of sp³-hybridized carbons (Fsp3) is 0.150. The minimum absolute atomic E-state index is 0.571. The first kappa shape index (κ1) is 16.6. The van der Waals surface area contributed by atoms with Crippen LogP contribution in [0.3, 0.4) is 0 Å². The predicted molar refractivity (Wildman–Crippen MR) is 95.6 cm³/mol. The molecule has 118 valence electrons. The van der Waals surface area contributed by atoms with E-state index in [-0.39, 0.29) is 0 Å². The summed E-state index contributed by atoms with van der Waals surface area (Å²) in [7, 11) is 0. The molecule has 0 radical (unpaired) electrons. The summed E-state index contributed by atoms with van der Waals surface area (Å²) in [6, 6.07) is 16.5. The Morgan fingerprint density at radius 1 is 0.870 bits per heavy atom. The van der Waals surface area contributed by atoms with Crippen LogP contribution in [0.5, 0.6) is 5.75 Å². The second kappa shape index (κ2) is 9.26. The largest absolute Gasteiger partial charge is 0.465 e. The van der Waals surface area contributed by atoms with Crippen LogP contribution >= 0.6 is 0 Å². The minimum Gasteiger partial charge on any atom is -0.465 e. The summed E-state index contributed by atoms with van der Waals surface area (Å²) in [4.78, 5) is 4.83. The molecule has 23 heavy (non-hydrogen) atoms. The maximum Gasteiger partial charge on any atom is 0.126 e. The Labute approximate surface area is 137 Å². The van der Waals surface area contributed by atoms with Crippen molar-refractivity contribution in [3.8, 4) is 16.9 Å². The van der Waals surface area contributed by atoms with Crippen molar-refractivity contribution in [1.29, 1.82) is 0 Å². The third-order valence-corrected chi connectivity index (χ3v) is 3.09. The number of allylic oxidation sites excluding steroid dienone is 3. The standard InChI is InChI=1S/C20H21NO2/c1-3-23-21-15-5-4-6-16-22-20-13-11-19(12-14-20)18-9-7-17(2)8-10-18/h4-16H,3H2,1-2H3/b5-4+,16-6-,21-15?. The molecule has 0 heterocycles. The molecule has 0 atom stereocenters. The lowest BCUT2D eigenvalue weighted by molar-refractivity contribution is 0.160. The van der Waals surface area contributed by atoms with Crippen molar-refractivity contribution in [2.75, 3.05) is 6.61 Å². The van der Waals surface area contributed by atoms with Gasteiger partial charge in [-0.1, -0.05) is 53.2 Å². The van der Waals surface area contributed by atoms with E-state index in [0.29, 0.717) is 6.61 Å². The highest BCUT2D eigenvalue weighted by Gasteiger charge is 1.97.